The van der Waals surface area contributed by atoms with Crippen molar-refractivity contribution in [3.63, 3.8) is 0 Å². The second-order valence-electron chi connectivity index (χ2n) is 6.80. The molecular formula is C19H24N4O2. The summed E-state index contributed by atoms with van der Waals surface area (Å²) in [5, 5.41) is 12.9. The van der Waals surface area contributed by atoms with Gasteiger partial charge in [-0.3, -0.25) is 0 Å². The third kappa shape index (κ3) is 3.54. The van der Waals surface area contributed by atoms with E-state index in [1.54, 1.807) is 6.33 Å². The maximum Gasteiger partial charge on any atom is 0.134 e. The Kier molecular flexibility index (Phi) is 4.70. The van der Waals surface area contributed by atoms with Gasteiger partial charge in [0.05, 0.1) is 19.3 Å². The van der Waals surface area contributed by atoms with Crippen molar-refractivity contribution in [3.05, 3.63) is 42.2 Å². The first-order valence-corrected chi connectivity index (χ1v) is 8.97. The van der Waals surface area contributed by atoms with E-state index in [9.17, 15) is 5.11 Å². The zero-order valence-electron chi connectivity index (χ0n) is 14.3. The van der Waals surface area contributed by atoms with Crippen LogP contribution in [0.1, 0.15) is 18.4 Å². The highest BCUT2D eigenvalue weighted by molar-refractivity contribution is 5.50. The second kappa shape index (κ2) is 7.27. The van der Waals surface area contributed by atoms with Gasteiger partial charge in [-0.2, -0.15) is 0 Å². The molecule has 6 heteroatoms. The first-order valence-electron chi connectivity index (χ1n) is 8.97. The Morgan fingerprint density at radius 1 is 1.28 bits per heavy atom. The van der Waals surface area contributed by atoms with Crippen LogP contribution in [-0.2, 0) is 6.42 Å². The number of nitrogens with one attached hydrogen (secondary N) is 1. The molecule has 0 spiro atoms. The number of aromatic nitrogens is 2. The molecular weight excluding hydrogens is 316 g/mol. The van der Waals surface area contributed by atoms with Gasteiger partial charge in [-0.1, -0.05) is 18.2 Å². The molecule has 6 nitrogen and oxygen atoms in total. The average Bonchev–Trinajstić information content (AvgIpc) is 3.15. The van der Waals surface area contributed by atoms with Crippen LogP contribution in [0.2, 0.25) is 0 Å². The number of fused-ring (bicyclic) bond motifs is 1. The van der Waals surface area contributed by atoms with Crippen LogP contribution < -0.4 is 15.0 Å². The maximum atomic E-state index is 9.51. The van der Waals surface area contributed by atoms with Gasteiger partial charge in [0.25, 0.3) is 0 Å². The largest absolute Gasteiger partial charge is 0.493 e. The fraction of sp³-hybridized carbons (Fsp3) is 0.474. The van der Waals surface area contributed by atoms with Crippen molar-refractivity contribution < 1.29 is 9.84 Å². The molecule has 25 heavy (non-hydrogen) atoms. The predicted molar refractivity (Wildman–Crippen MR) is 97.1 cm³/mol. The molecule has 1 aromatic carbocycles. The second-order valence-corrected chi connectivity index (χ2v) is 6.80. The van der Waals surface area contributed by atoms with Crippen LogP contribution in [0.5, 0.6) is 5.75 Å². The molecule has 0 amide bonds. The molecule has 2 atom stereocenters. The minimum absolute atomic E-state index is 0.172. The van der Waals surface area contributed by atoms with Gasteiger partial charge < -0.3 is 20.1 Å². The lowest BCUT2D eigenvalue weighted by Crippen LogP contribution is -2.33. The Hall–Kier alpha value is -2.34. The molecule has 1 fully saturated rings. The lowest BCUT2D eigenvalue weighted by Gasteiger charge is -2.26. The summed E-state index contributed by atoms with van der Waals surface area (Å²) in [7, 11) is 0. The van der Waals surface area contributed by atoms with E-state index in [4.69, 9.17) is 4.74 Å². The first kappa shape index (κ1) is 16.1. The molecule has 3 heterocycles. The third-order valence-electron chi connectivity index (χ3n) is 5.06. The summed E-state index contributed by atoms with van der Waals surface area (Å²) in [6.45, 7) is 2.65. The van der Waals surface area contributed by atoms with Crippen LogP contribution in [0.25, 0.3) is 0 Å². The molecule has 2 N–H and O–H groups in total. The Balaban J connectivity index is 1.38. The number of hydrogen-bond donors (Lipinski definition) is 2. The number of hydrogen-bond acceptors (Lipinski definition) is 6. The number of benzene rings is 1. The Bertz CT molecular complexity index is 724. The van der Waals surface area contributed by atoms with E-state index in [-0.39, 0.29) is 12.6 Å². The highest BCUT2D eigenvalue weighted by atomic mass is 16.5. The van der Waals surface area contributed by atoms with Gasteiger partial charge in [-0.15, -0.1) is 0 Å². The minimum atomic E-state index is 0.172. The first-order chi connectivity index (χ1) is 12.3. The number of ether oxygens (including phenoxy) is 1. The lowest BCUT2D eigenvalue weighted by atomic mass is 9.97. The van der Waals surface area contributed by atoms with E-state index < -0.39 is 0 Å². The van der Waals surface area contributed by atoms with E-state index in [0.29, 0.717) is 5.92 Å². The highest BCUT2D eigenvalue weighted by Crippen LogP contribution is 2.27. The van der Waals surface area contributed by atoms with Crippen LogP contribution in [-0.4, -0.2) is 47.4 Å². The number of rotatable bonds is 5. The zero-order chi connectivity index (χ0) is 17.1. The predicted octanol–water partition coefficient (Wildman–Crippen LogP) is 2.10. The van der Waals surface area contributed by atoms with Crippen molar-refractivity contribution in [3.8, 4) is 5.75 Å². The van der Waals surface area contributed by atoms with Crippen molar-refractivity contribution in [1.29, 1.82) is 0 Å². The minimum Gasteiger partial charge on any atom is -0.493 e. The summed E-state index contributed by atoms with van der Waals surface area (Å²) in [5.41, 5.74) is 1.27. The summed E-state index contributed by atoms with van der Waals surface area (Å²) in [5.74, 6) is 3.14. The summed E-state index contributed by atoms with van der Waals surface area (Å²) in [6, 6.07) is 10.4. The summed E-state index contributed by atoms with van der Waals surface area (Å²) < 4.78 is 5.85. The molecule has 0 aliphatic carbocycles. The molecule has 2 aliphatic rings. The van der Waals surface area contributed by atoms with Gasteiger partial charge in [0.1, 0.15) is 23.7 Å². The van der Waals surface area contributed by atoms with Gasteiger partial charge in [0.2, 0.25) is 0 Å². The zero-order valence-corrected chi connectivity index (χ0v) is 14.3. The highest BCUT2D eigenvalue weighted by Gasteiger charge is 2.25. The molecule has 0 unspecified atom stereocenters. The van der Waals surface area contributed by atoms with E-state index in [1.165, 1.54) is 5.56 Å². The maximum absolute atomic E-state index is 9.51. The van der Waals surface area contributed by atoms with Crippen LogP contribution in [0.3, 0.4) is 0 Å². The number of para-hydroxylation sites is 1. The van der Waals surface area contributed by atoms with Crippen LogP contribution >= 0.6 is 0 Å². The van der Waals surface area contributed by atoms with Gasteiger partial charge in [-0.05, 0) is 30.9 Å². The fourth-order valence-electron chi connectivity index (χ4n) is 3.70. The van der Waals surface area contributed by atoms with E-state index in [0.717, 1.165) is 56.3 Å². The Morgan fingerprint density at radius 2 is 2.20 bits per heavy atom. The van der Waals surface area contributed by atoms with E-state index in [1.807, 2.05) is 18.2 Å². The van der Waals surface area contributed by atoms with Crippen molar-refractivity contribution in [1.82, 2.24) is 9.97 Å². The van der Waals surface area contributed by atoms with E-state index in [2.05, 4.69) is 32.3 Å². The van der Waals surface area contributed by atoms with Gasteiger partial charge in [0.15, 0.2) is 0 Å². The van der Waals surface area contributed by atoms with Crippen LogP contribution in [0, 0.1) is 5.92 Å². The normalized spacial score (nSPS) is 22.4. The smallest absolute Gasteiger partial charge is 0.134 e. The Labute approximate surface area is 147 Å². The van der Waals surface area contributed by atoms with Crippen molar-refractivity contribution in [2.45, 2.75) is 25.3 Å². The molecule has 0 radical (unpaired) electrons. The molecule has 2 aliphatic heterocycles. The summed E-state index contributed by atoms with van der Waals surface area (Å²) in [6.07, 6.45) is 4.72. The number of aliphatic hydroxyl groups excluding tert-OH is 1. The molecule has 0 saturated carbocycles. The van der Waals surface area contributed by atoms with Gasteiger partial charge >= 0.3 is 0 Å². The summed E-state index contributed by atoms with van der Waals surface area (Å²) >= 11 is 0. The molecule has 1 saturated heterocycles. The monoisotopic (exact) mass is 340 g/mol. The van der Waals surface area contributed by atoms with Crippen molar-refractivity contribution in [2.24, 2.45) is 5.92 Å². The molecule has 0 bridgehead atoms. The lowest BCUT2D eigenvalue weighted by molar-refractivity contribution is 0.229. The standard InChI is InChI=1S/C19H24N4O2/c24-11-16-5-3-7-23(16)19-9-18(21-13-22-19)20-10-14-8-15-4-1-2-6-17(15)25-12-14/h1-2,4,6,9,13-14,16,24H,3,5,7-8,10-12H2,(H,20,21,22)/t14-,16-/m0/s1. The SMILES string of the molecule is OC[C@@H]1CCCN1c1cc(NC[C@H]2COc3ccccc3C2)ncn1. The average molecular weight is 340 g/mol. The Morgan fingerprint density at radius 3 is 3.12 bits per heavy atom. The number of aliphatic hydroxyl groups is 1. The fourth-order valence-corrected chi connectivity index (χ4v) is 3.70. The van der Waals surface area contributed by atoms with Crippen molar-refractivity contribution in [2.75, 3.05) is 36.5 Å². The van der Waals surface area contributed by atoms with Gasteiger partial charge in [-0.25, -0.2) is 9.97 Å². The summed E-state index contributed by atoms with van der Waals surface area (Å²) in [4.78, 5) is 10.9. The number of anilines is 2. The van der Waals surface area contributed by atoms with Crippen molar-refractivity contribution >= 4 is 11.6 Å². The molecule has 4 rings (SSSR count). The van der Waals surface area contributed by atoms with Gasteiger partial charge in [0, 0.05) is 25.1 Å². The molecule has 1 aromatic heterocycles. The quantitative estimate of drug-likeness (QED) is 0.869. The third-order valence-corrected chi connectivity index (χ3v) is 5.06. The van der Waals surface area contributed by atoms with E-state index >= 15 is 0 Å². The topological polar surface area (TPSA) is 70.5 Å². The molecule has 132 valence electrons. The molecule has 2 aromatic rings. The number of nitrogens with zero attached hydrogens (tertiary/aromatic N) is 3. The van der Waals surface area contributed by atoms with Crippen LogP contribution in [0.15, 0.2) is 36.7 Å². The van der Waals surface area contributed by atoms with Crippen LogP contribution in [0.4, 0.5) is 11.6 Å².